The lowest BCUT2D eigenvalue weighted by Gasteiger charge is -2.30. The lowest BCUT2D eigenvalue weighted by Crippen LogP contribution is -2.30. The highest BCUT2D eigenvalue weighted by Crippen LogP contribution is 2.46. The summed E-state index contributed by atoms with van der Waals surface area (Å²) < 4.78 is 48.2. The number of hydrogen-bond acceptors (Lipinski definition) is 7. The zero-order valence-corrected chi connectivity index (χ0v) is 24.1. The zero-order chi connectivity index (χ0) is 30.0. The van der Waals surface area contributed by atoms with Gasteiger partial charge in [0, 0.05) is 17.0 Å². The third-order valence-corrected chi connectivity index (χ3v) is 8.38. The molecule has 1 aromatic heterocycles. The molecule has 2 aliphatic rings. The molecule has 3 heterocycles. The molecule has 9 nitrogen and oxygen atoms in total. The van der Waals surface area contributed by atoms with E-state index in [0.29, 0.717) is 28.0 Å². The summed E-state index contributed by atoms with van der Waals surface area (Å²) in [6, 6.07) is 19.9. The maximum absolute atomic E-state index is 12.6. The molecule has 2 aliphatic heterocycles. The molecule has 0 saturated carbocycles. The number of carbonyl (C=O) groups is 1. The van der Waals surface area contributed by atoms with Crippen LogP contribution in [0.3, 0.4) is 0 Å². The molecule has 3 aromatic carbocycles. The minimum atomic E-state index is -4.76. The van der Waals surface area contributed by atoms with Crippen molar-refractivity contribution in [1.82, 2.24) is 20.1 Å². The van der Waals surface area contributed by atoms with Crippen molar-refractivity contribution in [2.45, 2.75) is 11.6 Å². The number of para-hydroxylation sites is 1. The number of amides is 2. The van der Waals surface area contributed by atoms with Crippen LogP contribution in [-0.2, 0) is 0 Å². The average Bonchev–Trinajstić information content (AvgIpc) is 3.65. The second-order valence-electron chi connectivity index (χ2n) is 9.24. The lowest BCUT2D eigenvalue weighted by atomic mass is 10.0. The minimum absolute atomic E-state index is 0.0750. The van der Waals surface area contributed by atoms with Crippen molar-refractivity contribution in [3.8, 4) is 28.6 Å². The van der Waals surface area contributed by atoms with Crippen LogP contribution in [0.15, 0.2) is 95.9 Å². The molecular formula is C29H23F3N6O3S2. The summed E-state index contributed by atoms with van der Waals surface area (Å²) in [5.74, 6) is 1.36. The third-order valence-electron chi connectivity index (χ3n) is 6.51. The summed E-state index contributed by atoms with van der Waals surface area (Å²) in [5.41, 5.74) is 4.58. The van der Waals surface area contributed by atoms with Crippen LogP contribution in [-0.4, -0.2) is 51.1 Å². The van der Waals surface area contributed by atoms with Gasteiger partial charge in [0.25, 0.3) is 0 Å². The fourth-order valence-corrected chi connectivity index (χ4v) is 6.31. The summed E-state index contributed by atoms with van der Waals surface area (Å²) in [7, 11) is 0. The predicted molar refractivity (Wildman–Crippen MR) is 161 cm³/mol. The molecule has 43 heavy (non-hydrogen) atoms. The van der Waals surface area contributed by atoms with Gasteiger partial charge in [-0.05, 0) is 72.5 Å². The monoisotopic (exact) mass is 624 g/mol. The molecule has 14 heteroatoms. The van der Waals surface area contributed by atoms with Gasteiger partial charge < -0.3 is 14.8 Å². The SMILES string of the molecule is CSC1C=C2CSC(=NC(=O)NCOc3ccc(-c4ncn(-c5ccc(OC(F)(F)F)cc5)n4)cc3)N2c2ccccc21. The molecule has 1 unspecified atom stereocenters. The maximum Gasteiger partial charge on any atom is 0.573 e. The number of ether oxygens (including phenoxy) is 2. The van der Waals surface area contributed by atoms with E-state index in [4.69, 9.17) is 4.74 Å². The van der Waals surface area contributed by atoms with Gasteiger partial charge in [0.1, 0.15) is 17.8 Å². The highest BCUT2D eigenvalue weighted by Gasteiger charge is 2.34. The highest BCUT2D eigenvalue weighted by molar-refractivity contribution is 8.14. The molecule has 1 fully saturated rings. The number of anilines is 1. The molecule has 1 saturated heterocycles. The van der Waals surface area contributed by atoms with E-state index in [-0.39, 0.29) is 17.7 Å². The first-order chi connectivity index (χ1) is 20.8. The quantitative estimate of drug-likeness (QED) is 0.225. The number of carbonyl (C=O) groups excluding carboxylic acids is 1. The van der Waals surface area contributed by atoms with Crippen LogP contribution in [0.2, 0.25) is 0 Å². The van der Waals surface area contributed by atoms with Gasteiger partial charge in [-0.15, -0.1) is 18.3 Å². The first-order valence-corrected chi connectivity index (χ1v) is 15.2. The lowest BCUT2D eigenvalue weighted by molar-refractivity contribution is -0.274. The van der Waals surface area contributed by atoms with Gasteiger partial charge >= 0.3 is 12.4 Å². The molecular weight excluding hydrogens is 601 g/mol. The molecule has 220 valence electrons. The number of nitrogens with zero attached hydrogens (tertiary/aromatic N) is 5. The normalized spacial score (nSPS) is 16.8. The number of nitrogens with one attached hydrogen (secondary N) is 1. The number of benzene rings is 3. The Morgan fingerprint density at radius 2 is 1.84 bits per heavy atom. The van der Waals surface area contributed by atoms with Crippen LogP contribution in [0, 0.1) is 0 Å². The van der Waals surface area contributed by atoms with E-state index >= 15 is 0 Å². The van der Waals surface area contributed by atoms with Crippen LogP contribution < -0.4 is 19.7 Å². The first-order valence-electron chi connectivity index (χ1n) is 12.9. The van der Waals surface area contributed by atoms with Gasteiger partial charge in [-0.2, -0.15) is 16.8 Å². The van der Waals surface area contributed by atoms with Crippen LogP contribution >= 0.6 is 23.5 Å². The number of amidine groups is 1. The van der Waals surface area contributed by atoms with E-state index in [2.05, 4.69) is 43.5 Å². The predicted octanol–water partition coefficient (Wildman–Crippen LogP) is 6.79. The standard InChI is InChI=1S/C29H23F3N6O3S2/c1-42-25-14-20-15-43-28(38(20)24-5-3-2-4-23(24)25)35-27(39)34-17-40-21-10-6-18(7-11-21)26-33-16-37(36-26)19-8-12-22(13-9-19)41-29(30,31)32/h2-14,16,25H,15,17H2,1H3,(H,34,39). The fraction of sp³-hybridized carbons (Fsp3) is 0.172. The molecule has 6 rings (SSSR count). The van der Waals surface area contributed by atoms with Gasteiger partial charge in [-0.3, -0.25) is 4.90 Å². The number of alkyl halides is 3. The second kappa shape index (κ2) is 12.1. The molecule has 0 radical (unpaired) electrons. The van der Waals surface area contributed by atoms with E-state index in [1.54, 1.807) is 36.0 Å². The Labute approximate surface area is 252 Å². The van der Waals surface area contributed by atoms with Gasteiger partial charge in [0.15, 0.2) is 17.7 Å². The number of rotatable bonds is 7. The zero-order valence-electron chi connectivity index (χ0n) is 22.5. The average molecular weight is 625 g/mol. The van der Waals surface area contributed by atoms with E-state index in [1.165, 1.54) is 52.6 Å². The van der Waals surface area contributed by atoms with Gasteiger partial charge in [0.2, 0.25) is 0 Å². The molecule has 1 N–H and O–H groups in total. The van der Waals surface area contributed by atoms with Crippen molar-refractivity contribution in [2.24, 2.45) is 4.99 Å². The fourth-order valence-electron chi connectivity index (χ4n) is 4.57. The molecule has 0 aliphatic carbocycles. The summed E-state index contributed by atoms with van der Waals surface area (Å²) in [4.78, 5) is 23.2. The Morgan fingerprint density at radius 1 is 1.09 bits per heavy atom. The third kappa shape index (κ3) is 6.49. The molecule has 4 aromatic rings. The molecule has 0 bridgehead atoms. The minimum Gasteiger partial charge on any atom is -0.473 e. The van der Waals surface area contributed by atoms with Crippen molar-refractivity contribution in [2.75, 3.05) is 23.6 Å². The summed E-state index contributed by atoms with van der Waals surface area (Å²) in [6.07, 6.45) is 1.01. The van der Waals surface area contributed by atoms with E-state index in [0.717, 1.165) is 17.1 Å². The number of hydrogen-bond donors (Lipinski definition) is 1. The summed E-state index contributed by atoms with van der Waals surface area (Å²) in [5, 5.41) is 7.95. The van der Waals surface area contributed by atoms with Gasteiger partial charge in [-0.25, -0.2) is 14.5 Å². The van der Waals surface area contributed by atoms with Crippen molar-refractivity contribution in [1.29, 1.82) is 0 Å². The van der Waals surface area contributed by atoms with Crippen molar-refractivity contribution in [3.63, 3.8) is 0 Å². The van der Waals surface area contributed by atoms with Crippen LogP contribution in [0.1, 0.15) is 10.8 Å². The summed E-state index contributed by atoms with van der Waals surface area (Å²) >= 11 is 3.29. The van der Waals surface area contributed by atoms with Crippen LogP contribution in [0.4, 0.5) is 23.7 Å². The Hall–Kier alpha value is -4.43. The Balaban J connectivity index is 1.04. The smallest absolute Gasteiger partial charge is 0.473 e. The largest absolute Gasteiger partial charge is 0.573 e. The van der Waals surface area contributed by atoms with E-state index in [1.807, 2.05) is 23.1 Å². The first kappa shape index (κ1) is 28.7. The number of thioether (sulfide) groups is 2. The number of aliphatic imine (C=N–C) groups is 1. The van der Waals surface area contributed by atoms with Crippen molar-refractivity contribution in [3.05, 3.63) is 96.5 Å². The van der Waals surface area contributed by atoms with E-state index < -0.39 is 12.4 Å². The van der Waals surface area contributed by atoms with E-state index in [9.17, 15) is 18.0 Å². The Kier molecular flexibility index (Phi) is 8.04. The molecule has 0 spiro atoms. The van der Waals surface area contributed by atoms with Gasteiger partial charge in [-0.1, -0.05) is 30.0 Å². The van der Waals surface area contributed by atoms with Crippen LogP contribution in [0.5, 0.6) is 11.5 Å². The second-order valence-corrected chi connectivity index (χ2v) is 11.2. The maximum atomic E-state index is 12.6. The van der Waals surface area contributed by atoms with Crippen molar-refractivity contribution >= 4 is 40.4 Å². The topological polar surface area (TPSA) is 93.9 Å². The Morgan fingerprint density at radius 3 is 2.58 bits per heavy atom. The Bertz CT molecular complexity index is 1690. The number of fused-ring (bicyclic) bond motifs is 3. The molecule has 2 amide bonds. The number of urea groups is 1. The molecule has 1 atom stereocenters. The number of aromatic nitrogens is 3. The summed E-state index contributed by atoms with van der Waals surface area (Å²) in [6.45, 7) is -0.0750. The highest BCUT2D eigenvalue weighted by atomic mass is 32.2. The van der Waals surface area contributed by atoms with Gasteiger partial charge in [0.05, 0.1) is 16.6 Å². The van der Waals surface area contributed by atoms with Crippen LogP contribution in [0.25, 0.3) is 17.1 Å². The number of halogens is 3. The van der Waals surface area contributed by atoms with Crippen molar-refractivity contribution < 1.29 is 27.4 Å².